The number of hydrogen-bond acceptors (Lipinski definition) is 4. The Hall–Kier alpha value is -1.14. The first-order valence-electron chi connectivity index (χ1n) is 6.08. The van der Waals surface area contributed by atoms with Crippen LogP contribution in [0, 0.1) is 0 Å². The van der Waals surface area contributed by atoms with Crippen LogP contribution in [0.25, 0.3) is 0 Å². The van der Waals surface area contributed by atoms with Crippen molar-refractivity contribution in [2.75, 3.05) is 45.9 Å². The molecule has 2 saturated heterocycles. The summed E-state index contributed by atoms with van der Waals surface area (Å²) in [5, 5.41) is 3.21. The molecule has 17 heavy (non-hydrogen) atoms. The monoisotopic (exact) mass is 241 g/mol. The molecule has 0 aromatic carbocycles. The predicted octanol–water partition coefficient (Wildman–Crippen LogP) is -1.33. The summed E-state index contributed by atoms with van der Waals surface area (Å²) >= 11 is 0. The number of hydrogen-bond donors (Lipinski definition) is 1. The van der Waals surface area contributed by atoms with Gasteiger partial charge in [-0.3, -0.25) is 9.59 Å². The van der Waals surface area contributed by atoms with Crippen LogP contribution in [-0.4, -0.2) is 73.6 Å². The van der Waals surface area contributed by atoms with E-state index in [1.807, 2.05) is 6.92 Å². The highest BCUT2D eigenvalue weighted by Gasteiger charge is 2.30. The van der Waals surface area contributed by atoms with Crippen molar-refractivity contribution < 1.29 is 14.3 Å². The second-order valence-corrected chi connectivity index (χ2v) is 4.38. The lowest BCUT2D eigenvalue weighted by molar-refractivity contribution is -0.151. The number of nitrogens with one attached hydrogen (secondary N) is 1. The van der Waals surface area contributed by atoms with E-state index in [0.29, 0.717) is 19.7 Å². The van der Waals surface area contributed by atoms with Crippen LogP contribution < -0.4 is 5.32 Å². The largest absolute Gasteiger partial charge is 0.374 e. The maximum Gasteiger partial charge on any atom is 0.242 e. The zero-order valence-electron chi connectivity index (χ0n) is 10.1. The highest BCUT2D eigenvalue weighted by Crippen LogP contribution is 2.07. The molecule has 0 saturated carbocycles. The summed E-state index contributed by atoms with van der Waals surface area (Å²) in [5.41, 5.74) is 0. The van der Waals surface area contributed by atoms with Gasteiger partial charge in [-0.05, 0) is 6.92 Å². The Morgan fingerprint density at radius 2 is 2.00 bits per heavy atom. The molecule has 2 aliphatic heterocycles. The fraction of sp³-hybridized carbons (Fsp3) is 0.818. The number of rotatable bonds is 3. The molecular formula is C11H19N3O3. The van der Waals surface area contributed by atoms with E-state index in [9.17, 15) is 9.59 Å². The Kier molecular flexibility index (Phi) is 3.96. The van der Waals surface area contributed by atoms with E-state index in [0.717, 1.165) is 13.1 Å². The molecule has 0 aromatic heterocycles. The van der Waals surface area contributed by atoms with Crippen molar-refractivity contribution in [2.45, 2.75) is 13.0 Å². The van der Waals surface area contributed by atoms with Crippen molar-refractivity contribution in [1.82, 2.24) is 15.1 Å². The summed E-state index contributed by atoms with van der Waals surface area (Å²) < 4.78 is 5.54. The van der Waals surface area contributed by atoms with Gasteiger partial charge in [-0.15, -0.1) is 0 Å². The van der Waals surface area contributed by atoms with Gasteiger partial charge in [-0.25, -0.2) is 0 Å². The van der Waals surface area contributed by atoms with E-state index < -0.39 is 0 Å². The molecule has 2 amide bonds. The molecule has 6 nitrogen and oxygen atoms in total. The topological polar surface area (TPSA) is 61.9 Å². The van der Waals surface area contributed by atoms with Crippen LogP contribution >= 0.6 is 0 Å². The first-order valence-corrected chi connectivity index (χ1v) is 6.08. The van der Waals surface area contributed by atoms with Crippen molar-refractivity contribution in [2.24, 2.45) is 0 Å². The molecule has 0 bridgehead atoms. The minimum atomic E-state index is 0.00803. The fourth-order valence-corrected chi connectivity index (χ4v) is 2.14. The van der Waals surface area contributed by atoms with E-state index in [1.165, 1.54) is 0 Å². The SMILES string of the molecule is CCN1CC(=O)N(CC2CNCCO2)CC1=O. The van der Waals surface area contributed by atoms with Gasteiger partial charge in [0.15, 0.2) is 0 Å². The molecule has 1 atom stereocenters. The van der Waals surface area contributed by atoms with E-state index in [-0.39, 0.29) is 31.0 Å². The lowest BCUT2D eigenvalue weighted by Gasteiger charge is -2.36. The summed E-state index contributed by atoms with van der Waals surface area (Å²) in [6, 6.07) is 0. The van der Waals surface area contributed by atoms with Gasteiger partial charge in [0.1, 0.15) is 0 Å². The van der Waals surface area contributed by atoms with Crippen LogP contribution in [0.4, 0.5) is 0 Å². The Balaban J connectivity index is 1.88. The van der Waals surface area contributed by atoms with Gasteiger partial charge >= 0.3 is 0 Å². The number of carbonyl (C=O) groups excluding carboxylic acids is 2. The number of amides is 2. The third-order valence-electron chi connectivity index (χ3n) is 3.17. The molecule has 0 aliphatic carbocycles. The number of morpholine rings is 1. The van der Waals surface area contributed by atoms with E-state index in [4.69, 9.17) is 4.74 Å². The van der Waals surface area contributed by atoms with E-state index in [2.05, 4.69) is 5.32 Å². The minimum absolute atomic E-state index is 0.00803. The van der Waals surface area contributed by atoms with Gasteiger partial charge in [0.2, 0.25) is 11.8 Å². The lowest BCUT2D eigenvalue weighted by atomic mass is 10.2. The smallest absolute Gasteiger partial charge is 0.242 e. The predicted molar refractivity (Wildman–Crippen MR) is 61.4 cm³/mol. The number of likely N-dealkylation sites (N-methyl/N-ethyl adjacent to an activating group) is 1. The Bertz CT molecular complexity index is 302. The van der Waals surface area contributed by atoms with Crippen molar-refractivity contribution in [1.29, 1.82) is 0 Å². The van der Waals surface area contributed by atoms with Crippen molar-refractivity contribution in [3.05, 3.63) is 0 Å². The van der Waals surface area contributed by atoms with Crippen molar-refractivity contribution in [3.8, 4) is 0 Å². The second-order valence-electron chi connectivity index (χ2n) is 4.38. The molecular weight excluding hydrogens is 222 g/mol. The van der Waals surface area contributed by atoms with Crippen LogP contribution in [0.1, 0.15) is 6.92 Å². The minimum Gasteiger partial charge on any atom is -0.374 e. The van der Waals surface area contributed by atoms with Gasteiger partial charge in [0, 0.05) is 26.2 Å². The lowest BCUT2D eigenvalue weighted by Crippen LogP contribution is -2.56. The first-order chi connectivity index (χ1) is 8.20. The summed E-state index contributed by atoms with van der Waals surface area (Å²) in [7, 11) is 0. The van der Waals surface area contributed by atoms with Crippen LogP contribution in [0.3, 0.4) is 0 Å². The van der Waals surface area contributed by atoms with Crippen molar-refractivity contribution in [3.63, 3.8) is 0 Å². The molecule has 2 aliphatic rings. The van der Waals surface area contributed by atoms with E-state index in [1.54, 1.807) is 9.80 Å². The molecule has 6 heteroatoms. The highest BCUT2D eigenvalue weighted by molar-refractivity contribution is 5.92. The maximum absolute atomic E-state index is 11.8. The molecule has 1 unspecified atom stereocenters. The molecule has 0 spiro atoms. The summed E-state index contributed by atoms with van der Waals surface area (Å²) in [5.74, 6) is 0.0384. The zero-order chi connectivity index (χ0) is 12.3. The number of carbonyl (C=O) groups is 2. The van der Waals surface area contributed by atoms with Crippen LogP contribution in [-0.2, 0) is 14.3 Å². The fourth-order valence-electron chi connectivity index (χ4n) is 2.14. The van der Waals surface area contributed by atoms with E-state index >= 15 is 0 Å². The zero-order valence-corrected chi connectivity index (χ0v) is 10.1. The summed E-state index contributed by atoms with van der Waals surface area (Å²) in [4.78, 5) is 26.7. The summed E-state index contributed by atoms with van der Waals surface area (Å²) in [6.07, 6.45) is 0.00803. The van der Waals surface area contributed by atoms with Gasteiger partial charge in [0.25, 0.3) is 0 Å². The molecule has 96 valence electrons. The first kappa shape index (κ1) is 12.3. The number of ether oxygens (including phenoxy) is 1. The van der Waals surface area contributed by atoms with Gasteiger partial charge < -0.3 is 19.9 Å². The summed E-state index contributed by atoms with van der Waals surface area (Å²) in [6.45, 7) is 5.65. The number of piperazine rings is 1. The third kappa shape index (κ3) is 2.95. The van der Waals surface area contributed by atoms with Gasteiger partial charge in [-0.1, -0.05) is 0 Å². The normalized spacial score (nSPS) is 26.5. The third-order valence-corrected chi connectivity index (χ3v) is 3.17. The van der Waals surface area contributed by atoms with Crippen molar-refractivity contribution >= 4 is 11.8 Å². The Morgan fingerprint density at radius 1 is 1.29 bits per heavy atom. The van der Waals surface area contributed by atoms with Crippen LogP contribution in [0.2, 0.25) is 0 Å². The standard InChI is InChI=1S/C11H19N3O3/c1-2-13-7-11(16)14(8-10(13)15)6-9-5-12-3-4-17-9/h9,12H,2-8H2,1H3. The second kappa shape index (κ2) is 5.46. The average molecular weight is 241 g/mol. The Morgan fingerprint density at radius 3 is 2.65 bits per heavy atom. The molecule has 0 radical (unpaired) electrons. The average Bonchev–Trinajstić information content (AvgIpc) is 2.34. The number of nitrogens with zero attached hydrogens (tertiary/aromatic N) is 2. The van der Waals surface area contributed by atoms with Gasteiger partial charge in [-0.2, -0.15) is 0 Å². The van der Waals surface area contributed by atoms with Crippen LogP contribution in [0.15, 0.2) is 0 Å². The quantitative estimate of drug-likeness (QED) is 0.665. The molecule has 0 aromatic rings. The van der Waals surface area contributed by atoms with Gasteiger partial charge in [0.05, 0.1) is 25.8 Å². The highest BCUT2D eigenvalue weighted by atomic mass is 16.5. The molecule has 2 rings (SSSR count). The molecule has 2 fully saturated rings. The molecule has 1 N–H and O–H groups in total. The molecule has 2 heterocycles. The maximum atomic E-state index is 11.8. The van der Waals surface area contributed by atoms with Crippen LogP contribution in [0.5, 0.6) is 0 Å². The Labute approximate surface area is 101 Å².